The number of methoxy groups -OCH3 is 3. The largest absolute Gasteiger partial charge is 0.493 e. The van der Waals surface area contributed by atoms with Crippen LogP contribution in [-0.4, -0.2) is 41.8 Å². The van der Waals surface area contributed by atoms with Crippen LogP contribution in [0.25, 0.3) is 26.6 Å². The highest BCUT2D eigenvalue weighted by atomic mass is 32.1. The zero-order chi connectivity index (χ0) is 25.2. The zero-order valence-electron chi connectivity index (χ0n) is 20.2. The van der Waals surface area contributed by atoms with Crippen molar-refractivity contribution in [1.82, 2.24) is 14.8 Å². The van der Waals surface area contributed by atoms with Crippen LogP contribution in [0.1, 0.15) is 12.5 Å². The second-order valence-electron chi connectivity index (χ2n) is 7.91. The maximum atomic E-state index is 13.8. The molecule has 0 amide bonds. The van der Waals surface area contributed by atoms with E-state index in [4.69, 9.17) is 19.2 Å². The fourth-order valence-corrected chi connectivity index (χ4v) is 4.98. The molecule has 0 spiro atoms. The van der Waals surface area contributed by atoms with Gasteiger partial charge in [-0.25, -0.2) is 4.98 Å². The molecular weight excluding hydrogens is 476 g/mol. The summed E-state index contributed by atoms with van der Waals surface area (Å²) in [4.78, 5) is 23.2. The number of H-pyrrole nitrogens is 1. The van der Waals surface area contributed by atoms with Crippen molar-refractivity contribution in [1.29, 1.82) is 0 Å². The molecule has 0 fully saturated rings. The Balaban J connectivity index is 1.69. The highest BCUT2D eigenvalue weighted by Crippen LogP contribution is 2.41. The summed E-state index contributed by atoms with van der Waals surface area (Å²) in [5, 5.41) is 3.84. The standard InChI is InChI=1S/C27H24N4O4S/c1-16(28-18-14-20(33-2)25(35-4)21(15-18)34-3)23-24(17-10-6-5-7-11-17)30-31(26(23)32)27-29-19-12-8-9-13-22(19)36-27/h5-15,30H,1-4H3. The van der Waals surface area contributed by atoms with Gasteiger partial charge in [-0.15, -0.1) is 0 Å². The van der Waals surface area contributed by atoms with Crippen molar-refractivity contribution >= 4 is 33.0 Å². The normalized spacial score (nSPS) is 11.6. The molecule has 5 aromatic rings. The van der Waals surface area contributed by atoms with Gasteiger partial charge in [0.15, 0.2) is 11.5 Å². The Kier molecular flexibility index (Phi) is 6.30. The van der Waals surface area contributed by atoms with Crippen LogP contribution in [0.3, 0.4) is 0 Å². The van der Waals surface area contributed by atoms with Crippen molar-refractivity contribution < 1.29 is 14.2 Å². The lowest BCUT2D eigenvalue weighted by atomic mass is 10.1. The molecule has 5 rings (SSSR count). The molecule has 0 aliphatic rings. The molecule has 0 atom stereocenters. The summed E-state index contributed by atoms with van der Waals surface area (Å²) in [5.41, 5.74) is 3.68. The van der Waals surface area contributed by atoms with E-state index in [1.807, 2.05) is 61.5 Å². The van der Waals surface area contributed by atoms with E-state index < -0.39 is 0 Å². The zero-order valence-corrected chi connectivity index (χ0v) is 21.1. The average molecular weight is 501 g/mol. The minimum atomic E-state index is -0.235. The Morgan fingerprint density at radius 1 is 0.944 bits per heavy atom. The lowest BCUT2D eigenvalue weighted by Crippen LogP contribution is -2.19. The van der Waals surface area contributed by atoms with Gasteiger partial charge >= 0.3 is 0 Å². The molecule has 0 bridgehead atoms. The molecule has 0 aliphatic heterocycles. The van der Waals surface area contributed by atoms with Crippen LogP contribution in [0.4, 0.5) is 5.69 Å². The van der Waals surface area contributed by atoms with Crippen molar-refractivity contribution in [2.75, 3.05) is 21.3 Å². The highest BCUT2D eigenvalue weighted by Gasteiger charge is 2.21. The molecule has 0 aliphatic carbocycles. The Morgan fingerprint density at radius 2 is 1.61 bits per heavy atom. The van der Waals surface area contributed by atoms with Gasteiger partial charge in [0.25, 0.3) is 5.56 Å². The molecule has 2 heterocycles. The number of hydrogen-bond acceptors (Lipinski definition) is 7. The van der Waals surface area contributed by atoms with Gasteiger partial charge in [-0.3, -0.25) is 14.9 Å². The minimum absolute atomic E-state index is 0.235. The summed E-state index contributed by atoms with van der Waals surface area (Å²) < 4.78 is 18.8. The van der Waals surface area contributed by atoms with E-state index in [1.165, 1.54) is 16.0 Å². The number of nitrogens with one attached hydrogen (secondary N) is 1. The van der Waals surface area contributed by atoms with Gasteiger partial charge in [0.05, 0.1) is 54.2 Å². The van der Waals surface area contributed by atoms with Gasteiger partial charge in [0.1, 0.15) is 0 Å². The molecule has 2 aromatic heterocycles. The van der Waals surface area contributed by atoms with E-state index in [2.05, 4.69) is 10.1 Å². The second-order valence-corrected chi connectivity index (χ2v) is 8.92. The van der Waals surface area contributed by atoms with E-state index in [-0.39, 0.29) is 5.56 Å². The Hall–Kier alpha value is -4.37. The number of hydrogen-bond donors (Lipinski definition) is 1. The number of fused-ring (bicyclic) bond motifs is 1. The van der Waals surface area contributed by atoms with Crippen LogP contribution in [0.2, 0.25) is 0 Å². The maximum Gasteiger partial charge on any atom is 0.283 e. The van der Waals surface area contributed by atoms with Crippen LogP contribution in [0.5, 0.6) is 17.2 Å². The number of rotatable bonds is 7. The third kappa shape index (κ3) is 4.14. The van der Waals surface area contributed by atoms with Gasteiger partial charge in [0.2, 0.25) is 10.9 Å². The minimum Gasteiger partial charge on any atom is -0.493 e. The number of ether oxygens (including phenoxy) is 3. The van der Waals surface area contributed by atoms with Crippen LogP contribution in [-0.2, 0) is 0 Å². The van der Waals surface area contributed by atoms with Crippen molar-refractivity contribution in [3.63, 3.8) is 0 Å². The third-order valence-corrected chi connectivity index (χ3v) is 6.76. The van der Waals surface area contributed by atoms with Crippen LogP contribution in [0, 0.1) is 0 Å². The molecule has 8 nitrogen and oxygen atoms in total. The second kappa shape index (κ2) is 9.71. The molecular formula is C27H24N4O4S. The van der Waals surface area contributed by atoms with Crippen LogP contribution in [0.15, 0.2) is 76.5 Å². The molecule has 0 radical (unpaired) electrons. The molecule has 182 valence electrons. The van der Waals surface area contributed by atoms with E-state index in [1.54, 1.807) is 33.5 Å². The Bertz CT molecular complexity index is 1570. The number of aromatic amines is 1. The average Bonchev–Trinajstić information content (AvgIpc) is 3.49. The summed E-state index contributed by atoms with van der Waals surface area (Å²) in [7, 11) is 4.65. The molecule has 0 saturated heterocycles. The number of aliphatic imine (C=N–C) groups is 1. The van der Waals surface area contributed by atoms with Gasteiger partial charge in [-0.2, -0.15) is 4.68 Å². The summed E-state index contributed by atoms with van der Waals surface area (Å²) in [6.07, 6.45) is 0. The number of benzene rings is 3. The van der Waals surface area contributed by atoms with Crippen molar-refractivity contribution in [2.24, 2.45) is 4.99 Å². The first-order valence-electron chi connectivity index (χ1n) is 11.2. The molecule has 1 N–H and O–H groups in total. The van der Waals surface area contributed by atoms with Crippen molar-refractivity contribution in [3.8, 4) is 33.6 Å². The number of para-hydroxylation sites is 1. The first kappa shape index (κ1) is 23.4. The fourth-order valence-electron chi connectivity index (χ4n) is 4.06. The molecule has 0 saturated carbocycles. The predicted molar refractivity (Wildman–Crippen MR) is 143 cm³/mol. The van der Waals surface area contributed by atoms with E-state index in [0.29, 0.717) is 45.0 Å². The highest BCUT2D eigenvalue weighted by molar-refractivity contribution is 7.20. The van der Waals surface area contributed by atoms with Crippen molar-refractivity contribution in [2.45, 2.75) is 6.92 Å². The Labute approximate surface area is 211 Å². The van der Waals surface area contributed by atoms with E-state index in [0.717, 1.165) is 15.8 Å². The number of nitrogens with zero attached hydrogens (tertiary/aromatic N) is 3. The van der Waals surface area contributed by atoms with Gasteiger partial charge in [-0.05, 0) is 19.1 Å². The first-order valence-corrected chi connectivity index (χ1v) is 12.0. The summed E-state index contributed by atoms with van der Waals surface area (Å²) in [5.74, 6) is 1.43. The number of thiazole rings is 1. The van der Waals surface area contributed by atoms with Gasteiger partial charge in [-0.1, -0.05) is 53.8 Å². The topological polar surface area (TPSA) is 90.7 Å². The summed E-state index contributed by atoms with van der Waals surface area (Å²) >= 11 is 1.45. The monoisotopic (exact) mass is 500 g/mol. The maximum absolute atomic E-state index is 13.8. The molecule has 36 heavy (non-hydrogen) atoms. The molecule has 0 unspecified atom stereocenters. The van der Waals surface area contributed by atoms with Crippen molar-refractivity contribution in [3.05, 3.63) is 82.6 Å². The van der Waals surface area contributed by atoms with Crippen LogP contribution >= 0.6 is 11.3 Å². The van der Waals surface area contributed by atoms with E-state index >= 15 is 0 Å². The SMILES string of the molecule is COc1cc(N=C(C)c2c(-c3ccccc3)[nH]n(-c3nc4ccccc4s3)c2=O)cc(OC)c1OC. The first-order chi connectivity index (χ1) is 17.5. The third-order valence-electron chi connectivity index (χ3n) is 5.74. The van der Waals surface area contributed by atoms with E-state index in [9.17, 15) is 4.79 Å². The quantitative estimate of drug-likeness (QED) is 0.293. The fraction of sp³-hybridized carbons (Fsp3) is 0.148. The lowest BCUT2D eigenvalue weighted by molar-refractivity contribution is 0.324. The smallest absolute Gasteiger partial charge is 0.283 e. The number of aromatic nitrogens is 3. The Morgan fingerprint density at radius 3 is 2.25 bits per heavy atom. The lowest BCUT2D eigenvalue weighted by Gasteiger charge is -2.13. The molecule has 9 heteroatoms. The predicted octanol–water partition coefficient (Wildman–Crippen LogP) is 5.61. The van der Waals surface area contributed by atoms with Crippen LogP contribution < -0.4 is 19.8 Å². The summed E-state index contributed by atoms with van der Waals surface area (Å²) in [6, 6.07) is 21.0. The van der Waals surface area contributed by atoms with Gasteiger partial charge in [0, 0.05) is 17.7 Å². The van der Waals surface area contributed by atoms with Gasteiger partial charge < -0.3 is 14.2 Å². The molecule has 3 aromatic carbocycles. The summed E-state index contributed by atoms with van der Waals surface area (Å²) in [6.45, 7) is 1.81.